The number of nitro groups is 1. The van der Waals surface area contributed by atoms with Crippen molar-refractivity contribution in [3.63, 3.8) is 0 Å². The van der Waals surface area contributed by atoms with Crippen LogP contribution >= 0.6 is 0 Å². The fourth-order valence-electron chi connectivity index (χ4n) is 2.98. The third kappa shape index (κ3) is 2.48. The highest BCUT2D eigenvalue weighted by Gasteiger charge is 2.47. The van der Waals surface area contributed by atoms with E-state index in [-0.39, 0.29) is 11.5 Å². The van der Waals surface area contributed by atoms with E-state index in [2.05, 4.69) is 4.98 Å². The van der Waals surface area contributed by atoms with E-state index in [1.54, 1.807) is 4.90 Å². The number of aromatic nitrogens is 1. The van der Waals surface area contributed by atoms with Gasteiger partial charge in [0.1, 0.15) is 11.4 Å². The smallest absolute Gasteiger partial charge is 0.329 e. The highest BCUT2D eigenvalue weighted by molar-refractivity contribution is 5.84. The number of carboxylic acids is 1. The van der Waals surface area contributed by atoms with Gasteiger partial charge in [0.25, 0.3) is 0 Å². The van der Waals surface area contributed by atoms with Crippen LogP contribution in [0.2, 0.25) is 0 Å². The predicted molar refractivity (Wildman–Crippen MR) is 77.2 cm³/mol. The van der Waals surface area contributed by atoms with Gasteiger partial charge in [-0.15, -0.1) is 0 Å². The zero-order chi connectivity index (χ0) is 15.6. The molecule has 1 saturated heterocycles. The van der Waals surface area contributed by atoms with Crippen LogP contribution in [0.3, 0.4) is 0 Å². The first-order chi connectivity index (χ1) is 9.92. The molecule has 1 atom stereocenters. The largest absolute Gasteiger partial charge is 0.479 e. The maximum atomic E-state index is 11.7. The maximum Gasteiger partial charge on any atom is 0.329 e. The Bertz CT molecular complexity index is 577. The maximum absolute atomic E-state index is 11.7. The third-order valence-corrected chi connectivity index (χ3v) is 3.91. The first-order valence-corrected chi connectivity index (χ1v) is 6.84. The van der Waals surface area contributed by atoms with E-state index in [0.29, 0.717) is 25.2 Å². The van der Waals surface area contributed by atoms with E-state index in [4.69, 9.17) is 5.73 Å². The Morgan fingerprint density at radius 3 is 2.86 bits per heavy atom. The van der Waals surface area contributed by atoms with Crippen molar-refractivity contribution >= 4 is 23.3 Å². The van der Waals surface area contributed by atoms with Crippen molar-refractivity contribution in [2.75, 3.05) is 17.2 Å². The van der Waals surface area contributed by atoms with Crippen LogP contribution in [0.1, 0.15) is 32.6 Å². The second kappa shape index (κ2) is 5.55. The molecule has 0 amide bonds. The lowest BCUT2D eigenvalue weighted by molar-refractivity contribution is -0.384. The molecule has 1 aliphatic heterocycles. The van der Waals surface area contributed by atoms with Crippen LogP contribution in [0.15, 0.2) is 12.1 Å². The molecule has 0 bridgehead atoms. The summed E-state index contributed by atoms with van der Waals surface area (Å²) in [6, 6.07) is 2.74. The van der Waals surface area contributed by atoms with E-state index >= 15 is 0 Å². The molecule has 0 radical (unpaired) electrons. The summed E-state index contributed by atoms with van der Waals surface area (Å²) in [4.78, 5) is 27.7. The van der Waals surface area contributed by atoms with E-state index in [1.165, 1.54) is 12.1 Å². The van der Waals surface area contributed by atoms with E-state index in [9.17, 15) is 20.0 Å². The molecule has 1 aromatic rings. The molecule has 0 saturated carbocycles. The molecule has 0 aromatic carbocycles. The molecule has 114 valence electrons. The quantitative estimate of drug-likeness (QED) is 0.626. The molecular weight excluding hydrogens is 276 g/mol. The molecule has 1 aliphatic rings. The minimum atomic E-state index is -0.996. The highest BCUT2D eigenvalue weighted by atomic mass is 16.6. The summed E-state index contributed by atoms with van der Waals surface area (Å²) in [5, 5.41) is 20.4. The van der Waals surface area contributed by atoms with Gasteiger partial charge < -0.3 is 15.7 Å². The van der Waals surface area contributed by atoms with E-state index in [1.807, 2.05) is 6.92 Å². The summed E-state index contributed by atoms with van der Waals surface area (Å²) >= 11 is 0. The van der Waals surface area contributed by atoms with E-state index < -0.39 is 16.4 Å². The van der Waals surface area contributed by atoms with Crippen LogP contribution in [0.25, 0.3) is 0 Å². The Kier molecular flexibility index (Phi) is 3.97. The average Bonchev–Trinajstić information content (AvgIpc) is 2.83. The molecule has 1 fully saturated rings. The van der Waals surface area contributed by atoms with Crippen LogP contribution in [0.5, 0.6) is 0 Å². The summed E-state index contributed by atoms with van der Waals surface area (Å²) in [7, 11) is 0. The van der Waals surface area contributed by atoms with Gasteiger partial charge in [-0.2, -0.15) is 0 Å². The number of aliphatic carboxylic acids is 1. The highest BCUT2D eigenvalue weighted by Crippen LogP contribution is 2.38. The first-order valence-electron chi connectivity index (χ1n) is 6.84. The summed E-state index contributed by atoms with van der Waals surface area (Å²) in [5.41, 5.74) is 4.34. The number of rotatable bonds is 5. The molecule has 0 aliphatic carbocycles. The summed E-state index contributed by atoms with van der Waals surface area (Å²) in [5.74, 6) is -0.702. The van der Waals surface area contributed by atoms with Crippen molar-refractivity contribution < 1.29 is 14.8 Å². The molecule has 2 rings (SSSR count). The fraction of sp³-hybridized carbons (Fsp3) is 0.538. The van der Waals surface area contributed by atoms with Crippen molar-refractivity contribution in [2.45, 2.75) is 38.1 Å². The minimum absolute atomic E-state index is 0.194. The van der Waals surface area contributed by atoms with Crippen molar-refractivity contribution in [1.82, 2.24) is 4.98 Å². The fourth-order valence-corrected chi connectivity index (χ4v) is 2.98. The van der Waals surface area contributed by atoms with E-state index in [0.717, 1.165) is 12.8 Å². The minimum Gasteiger partial charge on any atom is -0.479 e. The summed E-state index contributed by atoms with van der Waals surface area (Å²) in [6.45, 7) is 2.48. The number of anilines is 2. The SMILES string of the molecule is CCCC1(C(=O)O)CCCN1c1ccc([N+](=O)[O-])c(N)n1. The predicted octanol–water partition coefficient (Wildman–Crippen LogP) is 1.80. The molecule has 8 nitrogen and oxygen atoms in total. The van der Waals surface area contributed by atoms with Gasteiger partial charge in [0, 0.05) is 12.6 Å². The van der Waals surface area contributed by atoms with Gasteiger partial charge in [-0.1, -0.05) is 13.3 Å². The number of carbonyl (C=O) groups is 1. The Morgan fingerprint density at radius 2 is 2.33 bits per heavy atom. The lowest BCUT2D eigenvalue weighted by Crippen LogP contribution is -2.51. The first kappa shape index (κ1) is 15.0. The molecule has 1 aromatic heterocycles. The Hall–Kier alpha value is -2.38. The van der Waals surface area contributed by atoms with Gasteiger partial charge in [0.2, 0.25) is 5.82 Å². The number of carboxylic acid groups (broad SMARTS) is 1. The Balaban J connectivity index is 2.42. The average molecular weight is 294 g/mol. The molecule has 0 spiro atoms. The van der Waals surface area contributed by atoms with Gasteiger partial charge >= 0.3 is 11.7 Å². The summed E-state index contributed by atoms with van der Waals surface area (Å²) in [6.07, 6.45) is 2.51. The van der Waals surface area contributed by atoms with Gasteiger partial charge in [-0.05, 0) is 25.3 Å². The number of hydrogen-bond acceptors (Lipinski definition) is 6. The lowest BCUT2D eigenvalue weighted by atomic mass is 9.90. The molecular formula is C13H18N4O4. The van der Waals surface area contributed by atoms with Crippen molar-refractivity contribution in [2.24, 2.45) is 0 Å². The zero-order valence-corrected chi connectivity index (χ0v) is 11.8. The van der Waals surface area contributed by atoms with Crippen LogP contribution in [0, 0.1) is 10.1 Å². The molecule has 21 heavy (non-hydrogen) atoms. The number of nitrogens with zero attached hydrogens (tertiary/aromatic N) is 3. The molecule has 1 unspecified atom stereocenters. The van der Waals surface area contributed by atoms with Crippen molar-refractivity contribution in [3.05, 3.63) is 22.2 Å². The lowest BCUT2D eigenvalue weighted by Gasteiger charge is -2.35. The second-order valence-corrected chi connectivity index (χ2v) is 5.17. The number of nitrogen functional groups attached to an aromatic ring is 1. The zero-order valence-electron chi connectivity index (χ0n) is 11.8. The normalized spacial score (nSPS) is 21.5. The Labute approximate surface area is 121 Å². The van der Waals surface area contributed by atoms with Gasteiger partial charge in [-0.25, -0.2) is 9.78 Å². The number of hydrogen-bond donors (Lipinski definition) is 2. The van der Waals surface area contributed by atoms with Crippen LogP contribution < -0.4 is 10.6 Å². The van der Waals surface area contributed by atoms with Crippen LogP contribution in [0.4, 0.5) is 17.3 Å². The molecule has 2 heterocycles. The number of nitrogens with two attached hydrogens (primary N) is 1. The monoisotopic (exact) mass is 294 g/mol. The van der Waals surface area contributed by atoms with Crippen LogP contribution in [-0.2, 0) is 4.79 Å². The Morgan fingerprint density at radius 1 is 1.62 bits per heavy atom. The third-order valence-electron chi connectivity index (χ3n) is 3.91. The standard InChI is InChI=1S/C13H18N4O4/c1-2-6-13(12(18)19)7-3-8-16(13)10-5-4-9(17(20)21)11(14)15-10/h4-5H,2-3,6-8H2,1H3,(H2,14,15)(H,18,19). The van der Waals surface area contributed by atoms with Crippen molar-refractivity contribution in [3.8, 4) is 0 Å². The summed E-state index contributed by atoms with van der Waals surface area (Å²) < 4.78 is 0. The number of pyridine rings is 1. The molecule has 3 N–H and O–H groups in total. The van der Waals surface area contributed by atoms with Gasteiger partial charge in [0.15, 0.2) is 0 Å². The second-order valence-electron chi connectivity index (χ2n) is 5.17. The van der Waals surface area contributed by atoms with Crippen molar-refractivity contribution in [1.29, 1.82) is 0 Å². The van der Waals surface area contributed by atoms with Gasteiger partial charge in [0.05, 0.1) is 4.92 Å². The van der Waals surface area contributed by atoms with Crippen LogP contribution in [-0.4, -0.2) is 33.1 Å². The topological polar surface area (TPSA) is 123 Å². The molecule has 8 heteroatoms. The van der Waals surface area contributed by atoms with Gasteiger partial charge in [-0.3, -0.25) is 10.1 Å².